The molecule has 0 aliphatic rings. The number of nitrogens with one attached hydrogen (secondary N) is 1. The van der Waals surface area contributed by atoms with Crippen LogP contribution in [0, 0.1) is 11.3 Å². The zero-order chi connectivity index (χ0) is 18.1. The Morgan fingerprint density at radius 1 is 1.24 bits per heavy atom. The third-order valence-corrected chi connectivity index (χ3v) is 4.02. The molecule has 1 atom stereocenters. The summed E-state index contributed by atoms with van der Waals surface area (Å²) in [4.78, 5) is 14.5. The van der Waals surface area contributed by atoms with Gasteiger partial charge in [0.15, 0.2) is 0 Å². The summed E-state index contributed by atoms with van der Waals surface area (Å²) in [6.45, 7) is 2.93. The van der Waals surface area contributed by atoms with Gasteiger partial charge in [-0.25, -0.2) is 0 Å². The second-order valence-electron chi connectivity index (χ2n) is 5.99. The van der Waals surface area contributed by atoms with Crippen LogP contribution >= 0.6 is 0 Å². The summed E-state index contributed by atoms with van der Waals surface area (Å²) in [5.74, 6) is -0.143. The molecule has 1 amide bonds. The average molecular weight is 337 g/mol. The van der Waals surface area contributed by atoms with Gasteiger partial charge in [0, 0.05) is 24.9 Å². The van der Waals surface area contributed by atoms with Crippen LogP contribution in [0.2, 0.25) is 0 Å². The fourth-order valence-corrected chi connectivity index (χ4v) is 2.61. The van der Waals surface area contributed by atoms with Gasteiger partial charge in [0.05, 0.1) is 18.2 Å². The van der Waals surface area contributed by atoms with E-state index in [2.05, 4.69) is 11.4 Å². The van der Waals surface area contributed by atoms with Gasteiger partial charge in [-0.2, -0.15) is 5.26 Å². The van der Waals surface area contributed by atoms with Gasteiger partial charge in [-0.3, -0.25) is 9.69 Å². The normalized spacial score (nSPS) is 11.8. The number of benzene rings is 2. The summed E-state index contributed by atoms with van der Waals surface area (Å²) in [6, 6.07) is 18.9. The quantitative estimate of drug-likeness (QED) is 0.776. The van der Waals surface area contributed by atoms with Crippen LogP contribution in [0.25, 0.3) is 0 Å². The van der Waals surface area contributed by atoms with Crippen molar-refractivity contribution in [3.63, 3.8) is 0 Å². The van der Waals surface area contributed by atoms with Crippen LogP contribution in [-0.2, 0) is 11.3 Å². The summed E-state index contributed by atoms with van der Waals surface area (Å²) in [6.07, 6.45) is 0.601. The van der Waals surface area contributed by atoms with Crippen LogP contribution in [-0.4, -0.2) is 35.1 Å². The topological polar surface area (TPSA) is 76.4 Å². The third kappa shape index (κ3) is 6.03. The molecular weight excluding hydrogens is 314 g/mol. The number of aliphatic hydroxyl groups excluding tert-OH is 1. The Bertz CT molecular complexity index is 725. The van der Waals surface area contributed by atoms with Crippen molar-refractivity contribution >= 4 is 11.6 Å². The van der Waals surface area contributed by atoms with Crippen LogP contribution in [0.3, 0.4) is 0 Å². The predicted molar refractivity (Wildman–Crippen MR) is 97.8 cm³/mol. The molecule has 0 fully saturated rings. The van der Waals surface area contributed by atoms with E-state index >= 15 is 0 Å². The van der Waals surface area contributed by atoms with Gasteiger partial charge >= 0.3 is 0 Å². The fourth-order valence-electron chi connectivity index (χ4n) is 2.61. The molecule has 0 saturated heterocycles. The van der Waals surface area contributed by atoms with Gasteiger partial charge in [0.1, 0.15) is 0 Å². The molecule has 25 heavy (non-hydrogen) atoms. The minimum atomic E-state index is -0.143. The minimum absolute atomic E-state index is 0.0707. The SMILES string of the molecule is CC(CCO)N(CC(=O)Nc1cccc(C#N)c1)Cc1ccccc1. The maximum atomic E-state index is 12.4. The van der Waals surface area contributed by atoms with Crippen LogP contribution in [0.5, 0.6) is 0 Å². The summed E-state index contributed by atoms with van der Waals surface area (Å²) >= 11 is 0. The monoisotopic (exact) mass is 337 g/mol. The molecular formula is C20H23N3O2. The molecule has 0 bridgehead atoms. The van der Waals surface area contributed by atoms with E-state index in [1.54, 1.807) is 24.3 Å². The van der Waals surface area contributed by atoms with Gasteiger partial charge in [-0.1, -0.05) is 36.4 Å². The molecule has 2 aromatic carbocycles. The molecule has 5 heteroatoms. The van der Waals surface area contributed by atoms with Crippen molar-refractivity contribution in [3.05, 3.63) is 65.7 Å². The number of hydrogen-bond donors (Lipinski definition) is 2. The molecule has 0 spiro atoms. The van der Waals surface area contributed by atoms with E-state index in [0.717, 1.165) is 5.56 Å². The number of aliphatic hydroxyl groups is 1. The molecule has 130 valence electrons. The molecule has 0 aliphatic heterocycles. The Morgan fingerprint density at radius 2 is 2.00 bits per heavy atom. The first-order valence-electron chi connectivity index (χ1n) is 8.31. The molecule has 0 aromatic heterocycles. The van der Waals surface area contributed by atoms with Gasteiger partial charge in [-0.15, -0.1) is 0 Å². The second kappa shape index (κ2) is 9.58. The number of nitrogens with zero attached hydrogens (tertiary/aromatic N) is 2. The number of rotatable bonds is 8. The van der Waals surface area contributed by atoms with E-state index in [1.807, 2.05) is 42.2 Å². The van der Waals surface area contributed by atoms with Crippen LogP contribution in [0.1, 0.15) is 24.5 Å². The molecule has 2 rings (SSSR count). The highest BCUT2D eigenvalue weighted by molar-refractivity contribution is 5.92. The summed E-state index contributed by atoms with van der Waals surface area (Å²) < 4.78 is 0. The smallest absolute Gasteiger partial charge is 0.238 e. The van der Waals surface area contributed by atoms with Crippen LogP contribution in [0.15, 0.2) is 54.6 Å². The van der Waals surface area contributed by atoms with Crippen molar-refractivity contribution in [2.24, 2.45) is 0 Å². The fraction of sp³-hybridized carbons (Fsp3) is 0.300. The molecule has 2 N–H and O–H groups in total. The van der Waals surface area contributed by atoms with Crippen molar-refractivity contribution in [2.75, 3.05) is 18.5 Å². The largest absolute Gasteiger partial charge is 0.396 e. The number of anilines is 1. The number of carbonyl (C=O) groups is 1. The Hall–Kier alpha value is -2.68. The molecule has 5 nitrogen and oxygen atoms in total. The van der Waals surface area contributed by atoms with Gasteiger partial charge < -0.3 is 10.4 Å². The lowest BCUT2D eigenvalue weighted by molar-refractivity contribution is -0.118. The summed E-state index contributed by atoms with van der Waals surface area (Å²) in [7, 11) is 0. The van der Waals surface area contributed by atoms with Crippen molar-refractivity contribution in [1.29, 1.82) is 5.26 Å². The standard InChI is InChI=1S/C20H23N3O2/c1-16(10-11-24)23(14-17-6-3-2-4-7-17)15-20(25)22-19-9-5-8-18(12-19)13-21/h2-9,12,16,24H,10-11,14-15H2,1H3,(H,22,25). The van der Waals surface area contributed by atoms with E-state index in [0.29, 0.717) is 24.2 Å². The highest BCUT2D eigenvalue weighted by Gasteiger charge is 2.17. The first-order chi connectivity index (χ1) is 12.1. The van der Waals surface area contributed by atoms with Crippen LogP contribution in [0.4, 0.5) is 5.69 Å². The highest BCUT2D eigenvalue weighted by atomic mass is 16.3. The Balaban J connectivity index is 2.04. The molecule has 0 saturated carbocycles. The van der Waals surface area contributed by atoms with Crippen molar-refractivity contribution in [3.8, 4) is 6.07 Å². The van der Waals surface area contributed by atoms with Gasteiger partial charge in [-0.05, 0) is 37.1 Å². The molecule has 1 unspecified atom stereocenters. The van der Waals surface area contributed by atoms with Crippen molar-refractivity contribution in [2.45, 2.75) is 25.9 Å². The number of carbonyl (C=O) groups excluding carboxylic acids is 1. The molecule has 0 radical (unpaired) electrons. The number of nitriles is 1. The van der Waals surface area contributed by atoms with E-state index < -0.39 is 0 Å². The van der Waals surface area contributed by atoms with Gasteiger partial charge in [0.2, 0.25) is 5.91 Å². The average Bonchev–Trinajstić information content (AvgIpc) is 2.62. The van der Waals surface area contributed by atoms with E-state index in [4.69, 9.17) is 5.26 Å². The molecule has 2 aromatic rings. The number of hydrogen-bond acceptors (Lipinski definition) is 4. The Labute approximate surface area is 148 Å². The highest BCUT2D eigenvalue weighted by Crippen LogP contribution is 2.13. The van der Waals surface area contributed by atoms with E-state index in [9.17, 15) is 9.90 Å². The Morgan fingerprint density at radius 3 is 2.68 bits per heavy atom. The van der Waals surface area contributed by atoms with Crippen molar-refractivity contribution in [1.82, 2.24) is 4.90 Å². The maximum Gasteiger partial charge on any atom is 0.238 e. The lowest BCUT2D eigenvalue weighted by Gasteiger charge is -2.28. The zero-order valence-electron chi connectivity index (χ0n) is 14.4. The number of amides is 1. The van der Waals surface area contributed by atoms with Crippen LogP contribution < -0.4 is 5.32 Å². The predicted octanol–water partition coefficient (Wildman–Crippen LogP) is 2.77. The Kier molecular flexibility index (Phi) is 7.15. The third-order valence-electron chi connectivity index (χ3n) is 4.02. The van der Waals surface area contributed by atoms with Gasteiger partial charge in [0.25, 0.3) is 0 Å². The van der Waals surface area contributed by atoms with E-state index in [1.165, 1.54) is 0 Å². The lowest BCUT2D eigenvalue weighted by Crippen LogP contribution is -2.39. The second-order valence-corrected chi connectivity index (χ2v) is 5.99. The lowest BCUT2D eigenvalue weighted by atomic mass is 10.1. The summed E-state index contributed by atoms with van der Waals surface area (Å²) in [5, 5.41) is 21.0. The maximum absolute atomic E-state index is 12.4. The summed E-state index contributed by atoms with van der Waals surface area (Å²) in [5.41, 5.74) is 2.23. The first kappa shape index (κ1) is 18.7. The minimum Gasteiger partial charge on any atom is -0.396 e. The molecule has 0 heterocycles. The van der Waals surface area contributed by atoms with Crippen molar-refractivity contribution < 1.29 is 9.90 Å². The molecule has 0 aliphatic carbocycles. The first-order valence-corrected chi connectivity index (χ1v) is 8.31. The zero-order valence-corrected chi connectivity index (χ0v) is 14.4. The van der Waals surface area contributed by atoms with E-state index in [-0.39, 0.29) is 25.1 Å².